The Morgan fingerprint density at radius 1 is 1.19 bits per heavy atom. The Balaban J connectivity index is 2.00. The molecule has 0 spiro atoms. The molecule has 9 heteroatoms. The summed E-state index contributed by atoms with van der Waals surface area (Å²) in [7, 11) is 0. The number of pyridine rings is 1. The monoisotopic (exact) mass is 295 g/mol. The van der Waals surface area contributed by atoms with E-state index < -0.39 is 17.3 Å². The third kappa shape index (κ3) is 2.49. The Labute approximate surface area is 115 Å². The smallest absolute Gasteiger partial charge is 0.307 e. The number of rotatable bonds is 2. The zero-order valence-corrected chi connectivity index (χ0v) is 10.4. The second kappa shape index (κ2) is 4.69. The molecule has 0 unspecified atom stereocenters. The maximum Gasteiger partial charge on any atom is 0.421 e. The van der Waals surface area contributed by atoms with E-state index in [0.29, 0.717) is 5.78 Å². The van der Waals surface area contributed by atoms with Gasteiger partial charge in [0.05, 0.1) is 6.54 Å². The van der Waals surface area contributed by atoms with Crippen molar-refractivity contribution < 1.29 is 13.2 Å². The van der Waals surface area contributed by atoms with Crippen molar-refractivity contribution in [2.24, 2.45) is 0 Å². The maximum atomic E-state index is 12.7. The lowest BCUT2D eigenvalue weighted by atomic mass is 10.2. The molecule has 3 aromatic heterocycles. The lowest BCUT2D eigenvalue weighted by Crippen LogP contribution is -2.28. The van der Waals surface area contributed by atoms with E-state index in [2.05, 4.69) is 15.1 Å². The van der Waals surface area contributed by atoms with Gasteiger partial charge in [-0.05, 0) is 18.2 Å². The van der Waals surface area contributed by atoms with Crippen LogP contribution in [0.5, 0.6) is 0 Å². The summed E-state index contributed by atoms with van der Waals surface area (Å²) >= 11 is 0. The highest BCUT2D eigenvalue weighted by Crippen LogP contribution is 2.25. The number of nitrogens with zero attached hydrogens (tertiary/aromatic N) is 5. The molecule has 6 nitrogen and oxygen atoms in total. The normalized spacial score (nSPS) is 12.0. The van der Waals surface area contributed by atoms with E-state index in [0.717, 1.165) is 16.7 Å². The van der Waals surface area contributed by atoms with Crippen molar-refractivity contribution in [2.75, 3.05) is 0 Å². The second-order valence-electron chi connectivity index (χ2n) is 4.24. The average molecular weight is 295 g/mol. The van der Waals surface area contributed by atoms with E-state index in [1.165, 1.54) is 16.9 Å². The third-order valence-corrected chi connectivity index (χ3v) is 2.80. The lowest BCUT2D eigenvalue weighted by molar-refractivity contribution is -0.138. The Hall–Kier alpha value is -2.71. The molecule has 0 aliphatic heterocycles. The molecule has 0 saturated heterocycles. The highest BCUT2D eigenvalue weighted by atomic mass is 19.4. The number of alkyl halides is 3. The van der Waals surface area contributed by atoms with E-state index in [-0.39, 0.29) is 12.4 Å². The SMILES string of the molecule is O=c1c(C(F)(F)F)cccn1Cc1nc2ncccn2n1. The first-order valence-electron chi connectivity index (χ1n) is 5.88. The van der Waals surface area contributed by atoms with Crippen LogP contribution in [0.1, 0.15) is 11.4 Å². The van der Waals surface area contributed by atoms with E-state index in [1.54, 1.807) is 12.3 Å². The summed E-state index contributed by atoms with van der Waals surface area (Å²) in [5, 5.41) is 4.04. The first-order chi connectivity index (χ1) is 9.95. The van der Waals surface area contributed by atoms with Gasteiger partial charge in [-0.15, -0.1) is 5.10 Å². The molecule has 0 N–H and O–H groups in total. The predicted molar refractivity (Wildman–Crippen MR) is 65.6 cm³/mol. The van der Waals surface area contributed by atoms with Gasteiger partial charge in [-0.2, -0.15) is 18.2 Å². The van der Waals surface area contributed by atoms with Crippen molar-refractivity contribution in [3.63, 3.8) is 0 Å². The van der Waals surface area contributed by atoms with Gasteiger partial charge in [0.25, 0.3) is 11.3 Å². The van der Waals surface area contributed by atoms with Gasteiger partial charge in [-0.1, -0.05) is 0 Å². The molecule has 21 heavy (non-hydrogen) atoms. The highest BCUT2D eigenvalue weighted by Gasteiger charge is 2.34. The minimum Gasteiger partial charge on any atom is -0.307 e. The van der Waals surface area contributed by atoms with Crippen molar-refractivity contribution in [2.45, 2.75) is 12.7 Å². The number of hydrogen-bond acceptors (Lipinski definition) is 4. The zero-order chi connectivity index (χ0) is 15.0. The van der Waals surface area contributed by atoms with E-state index in [4.69, 9.17) is 0 Å². The molecule has 0 atom stereocenters. The first-order valence-corrected chi connectivity index (χ1v) is 5.88. The van der Waals surface area contributed by atoms with Gasteiger partial charge in [0.15, 0.2) is 5.82 Å². The van der Waals surface area contributed by atoms with Gasteiger partial charge in [0, 0.05) is 18.6 Å². The highest BCUT2D eigenvalue weighted by molar-refractivity contribution is 5.25. The molecular weight excluding hydrogens is 287 g/mol. The molecule has 0 radical (unpaired) electrons. The molecular formula is C12H8F3N5O. The molecule has 108 valence electrons. The van der Waals surface area contributed by atoms with Crippen LogP contribution in [0.15, 0.2) is 41.6 Å². The fourth-order valence-electron chi connectivity index (χ4n) is 1.87. The van der Waals surface area contributed by atoms with Crippen LogP contribution in [0, 0.1) is 0 Å². The van der Waals surface area contributed by atoms with Crippen LogP contribution in [-0.4, -0.2) is 24.1 Å². The van der Waals surface area contributed by atoms with Crippen LogP contribution in [0.2, 0.25) is 0 Å². The van der Waals surface area contributed by atoms with Crippen molar-refractivity contribution in [1.82, 2.24) is 24.1 Å². The molecule has 0 amide bonds. The molecule has 0 fully saturated rings. The minimum absolute atomic E-state index is 0.161. The van der Waals surface area contributed by atoms with E-state index in [9.17, 15) is 18.0 Å². The van der Waals surface area contributed by atoms with Crippen molar-refractivity contribution in [3.05, 3.63) is 58.5 Å². The molecule has 0 aliphatic carbocycles. The Morgan fingerprint density at radius 2 is 2.00 bits per heavy atom. The van der Waals surface area contributed by atoms with Gasteiger partial charge < -0.3 is 4.57 Å². The van der Waals surface area contributed by atoms with Crippen molar-refractivity contribution >= 4 is 5.78 Å². The third-order valence-electron chi connectivity index (χ3n) is 2.80. The molecule has 3 heterocycles. The van der Waals surface area contributed by atoms with Crippen LogP contribution in [0.25, 0.3) is 5.78 Å². The Morgan fingerprint density at radius 3 is 2.71 bits per heavy atom. The quantitative estimate of drug-likeness (QED) is 0.716. The fraction of sp³-hybridized carbons (Fsp3) is 0.167. The van der Waals surface area contributed by atoms with Crippen molar-refractivity contribution in [3.8, 4) is 0 Å². The van der Waals surface area contributed by atoms with Gasteiger partial charge in [0.2, 0.25) is 0 Å². The summed E-state index contributed by atoms with van der Waals surface area (Å²) in [5.41, 5.74) is -2.34. The number of halogens is 3. The van der Waals surface area contributed by atoms with E-state index in [1.807, 2.05) is 0 Å². The summed E-state index contributed by atoms with van der Waals surface area (Å²) < 4.78 is 40.3. The van der Waals surface area contributed by atoms with Gasteiger partial charge in [-0.3, -0.25) is 4.79 Å². The molecule has 3 aromatic rings. The summed E-state index contributed by atoms with van der Waals surface area (Å²) in [6, 6.07) is 3.55. The predicted octanol–water partition coefficient (Wildman–Crippen LogP) is 1.35. The van der Waals surface area contributed by atoms with Gasteiger partial charge in [-0.25, -0.2) is 9.50 Å². The van der Waals surface area contributed by atoms with Gasteiger partial charge >= 0.3 is 6.18 Å². The first kappa shape index (κ1) is 13.3. The zero-order valence-electron chi connectivity index (χ0n) is 10.4. The van der Waals surface area contributed by atoms with Crippen LogP contribution >= 0.6 is 0 Å². The number of hydrogen-bond donors (Lipinski definition) is 0. The van der Waals surface area contributed by atoms with Gasteiger partial charge in [0.1, 0.15) is 5.56 Å². The van der Waals surface area contributed by atoms with Crippen LogP contribution in [-0.2, 0) is 12.7 Å². The standard InChI is InChI=1S/C12H8F3N5O/c13-12(14,15)8-3-1-5-19(10(8)21)7-9-17-11-16-4-2-6-20(11)18-9/h1-6H,7H2. The number of aromatic nitrogens is 5. The summed E-state index contributed by atoms with van der Waals surface area (Å²) in [4.78, 5) is 19.8. The second-order valence-corrected chi connectivity index (χ2v) is 4.24. The molecule has 0 bridgehead atoms. The largest absolute Gasteiger partial charge is 0.421 e. The molecule has 0 aromatic carbocycles. The number of fused-ring (bicyclic) bond motifs is 1. The van der Waals surface area contributed by atoms with Crippen LogP contribution in [0.3, 0.4) is 0 Å². The fourth-order valence-corrected chi connectivity index (χ4v) is 1.87. The molecule has 0 saturated carbocycles. The molecule has 3 rings (SSSR count). The lowest BCUT2D eigenvalue weighted by Gasteiger charge is -2.08. The topological polar surface area (TPSA) is 65.1 Å². The Kier molecular flexibility index (Phi) is 2.96. The minimum atomic E-state index is -4.69. The van der Waals surface area contributed by atoms with Crippen LogP contribution in [0.4, 0.5) is 13.2 Å². The van der Waals surface area contributed by atoms with Crippen LogP contribution < -0.4 is 5.56 Å². The Bertz CT molecular complexity index is 819. The summed E-state index contributed by atoms with van der Waals surface area (Å²) in [5.74, 6) is 0.516. The molecule has 0 aliphatic rings. The average Bonchev–Trinajstić information content (AvgIpc) is 2.82. The maximum absolute atomic E-state index is 12.7. The van der Waals surface area contributed by atoms with E-state index >= 15 is 0 Å². The summed E-state index contributed by atoms with van der Waals surface area (Å²) in [6.45, 7) is -0.161. The summed E-state index contributed by atoms with van der Waals surface area (Å²) in [6.07, 6.45) is -0.303. The van der Waals surface area contributed by atoms with Crippen molar-refractivity contribution in [1.29, 1.82) is 0 Å².